The molecule has 0 fully saturated rings. The van der Waals surface area contributed by atoms with Crippen molar-refractivity contribution < 1.29 is 4.79 Å². The predicted molar refractivity (Wildman–Crippen MR) is 76.4 cm³/mol. The van der Waals surface area contributed by atoms with Crippen molar-refractivity contribution in [2.75, 3.05) is 7.05 Å². The molecular formula is C16H14ClNO. The van der Waals surface area contributed by atoms with Crippen molar-refractivity contribution in [2.45, 2.75) is 12.5 Å². The highest BCUT2D eigenvalue weighted by molar-refractivity contribution is 6.30. The molecule has 1 amide bonds. The van der Waals surface area contributed by atoms with E-state index in [9.17, 15) is 4.79 Å². The van der Waals surface area contributed by atoms with Crippen LogP contribution in [0.5, 0.6) is 0 Å². The summed E-state index contributed by atoms with van der Waals surface area (Å²) in [6, 6.07) is 15.5. The van der Waals surface area contributed by atoms with Crippen LogP contribution < -0.4 is 0 Å². The number of nitrogens with zero attached hydrogens (tertiary/aromatic N) is 1. The van der Waals surface area contributed by atoms with Gasteiger partial charge < -0.3 is 4.90 Å². The van der Waals surface area contributed by atoms with E-state index in [-0.39, 0.29) is 5.91 Å². The molecule has 1 unspecified atom stereocenters. The zero-order chi connectivity index (χ0) is 13.6. The van der Waals surface area contributed by atoms with Gasteiger partial charge in [-0.05, 0) is 36.2 Å². The number of fused-ring (bicyclic) bond motifs is 1. The van der Waals surface area contributed by atoms with Crippen LogP contribution in [0.25, 0.3) is 0 Å². The van der Waals surface area contributed by atoms with Gasteiger partial charge in [0.2, 0.25) is 0 Å². The topological polar surface area (TPSA) is 20.3 Å². The van der Waals surface area contributed by atoms with Crippen LogP contribution in [0.15, 0.2) is 48.5 Å². The molecule has 0 aromatic heterocycles. The Hall–Kier alpha value is -1.80. The Morgan fingerprint density at radius 3 is 2.37 bits per heavy atom. The van der Waals surface area contributed by atoms with E-state index in [0.717, 1.165) is 16.7 Å². The zero-order valence-corrected chi connectivity index (χ0v) is 11.6. The molecule has 0 aliphatic carbocycles. The van der Waals surface area contributed by atoms with E-state index in [1.807, 2.05) is 55.6 Å². The first-order chi connectivity index (χ1) is 9.05. The molecule has 3 heteroatoms. The molecule has 0 spiro atoms. The van der Waals surface area contributed by atoms with E-state index in [1.165, 1.54) is 0 Å². The first kappa shape index (κ1) is 12.2. The fraction of sp³-hybridized carbons (Fsp3) is 0.188. The Kier molecular flexibility index (Phi) is 2.64. The second-order valence-corrected chi connectivity index (χ2v) is 5.43. The largest absolute Gasteiger partial charge is 0.328 e. The number of benzene rings is 2. The van der Waals surface area contributed by atoms with Gasteiger partial charge in [-0.1, -0.05) is 41.9 Å². The summed E-state index contributed by atoms with van der Waals surface area (Å²) in [6.07, 6.45) is 0. The number of hydrogen-bond acceptors (Lipinski definition) is 1. The number of halogens is 1. The van der Waals surface area contributed by atoms with E-state index in [2.05, 4.69) is 6.92 Å². The minimum Gasteiger partial charge on any atom is -0.328 e. The van der Waals surface area contributed by atoms with Crippen LogP contribution >= 0.6 is 11.6 Å². The molecule has 0 saturated heterocycles. The average Bonchev–Trinajstić information content (AvgIpc) is 2.63. The first-order valence-electron chi connectivity index (χ1n) is 6.19. The maximum Gasteiger partial charge on any atom is 0.254 e. The van der Waals surface area contributed by atoms with Gasteiger partial charge in [0.15, 0.2) is 0 Å². The Balaban J connectivity index is 2.23. The third kappa shape index (κ3) is 1.60. The maximum atomic E-state index is 12.4. The van der Waals surface area contributed by atoms with Crippen LogP contribution in [-0.4, -0.2) is 17.9 Å². The lowest BCUT2D eigenvalue weighted by Gasteiger charge is -2.34. The Labute approximate surface area is 117 Å². The van der Waals surface area contributed by atoms with E-state index < -0.39 is 5.54 Å². The molecule has 2 aromatic rings. The number of hydrogen-bond donors (Lipinski definition) is 0. The lowest BCUT2D eigenvalue weighted by atomic mass is 9.85. The number of amides is 1. The van der Waals surface area contributed by atoms with E-state index in [1.54, 1.807) is 4.90 Å². The van der Waals surface area contributed by atoms with Gasteiger partial charge >= 0.3 is 0 Å². The van der Waals surface area contributed by atoms with Crippen molar-refractivity contribution in [1.82, 2.24) is 4.90 Å². The van der Waals surface area contributed by atoms with E-state index >= 15 is 0 Å². The highest BCUT2D eigenvalue weighted by Gasteiger charge is 2.44. The maximum absolute atomic E-state index is 12.4. The lowest BCUT2D eigenvalue weighted by Crippen LogP contribution is -2.39. The first-order valence-corrected chi connectivity index (χ1v) is 6.56. The fourth-order valence-electron chi connectivity index (χ4n) is 2.78. The summed E-state index contributed by atoms with van der Waals surface area (Å²) in [7, 11) is 1.84. The quantitative estimate of drug-likeness (QED) is 0.775. The van der Waals surface area contributed by atoms with Crippen molar-refractivity contribution in [1.29, 1.82) is 0 Å². The van der Waals surface area contributed by atoms with Gasteiger partial charge in [-0.15, -0.1) is 0 Å². The van der Waals surface area contributed by atoms with Gasteiger partial charge in [-0.25, -0.2) is 0 Å². The van der Waals surface area contributed by atoms with Crippen molar-refractivity contribution in [2.24, 2.45) is 0 Å². The van der Waals surface area contributed by atoms with Crippen LogP contribution in [0.4, 0.5) is 0 Å². The Morgan fingerprint density at radius 1 is 1.05 bits per heavy atom. The number of carbonyl (C=O) groups excluding carboxylic acids is 1. The third-order valence-corrected chi connectivity index (χ3v) is 4.32. The fourth-order valence-corrected chi connectivity index (χ4v) is 2.91. The molecule has 19 heavy (non-hydrogen) atoms. The summed E-state index contributed by atoms with van der Waals surface area (Å²) < 4.78 is 0. The summed E-state index contributed by atoms with van der Waals surface area (Å²) in [5.41, 5.74) is 2.46. The number of carbonyl (C=O) groups is 1. The molecule has 1 atom stereocenters. The molecule has 1 heterocycles. The molecule has 0 saturated carbocycles. The van der Waals surface area contributed by atoms with Gasteiger partial charge in [0.25, 0.3) is 5.91 Å². The monoisotopic (exact) mass is 271 g/mol. The van der Waals surface area contributed by atoms with E-state index in [0.29, 0.717) is 5.02 Å². The zero-order valence-electron chi connectivity index (χ0n) is 10.9. The molecule has 0 radical (unpaired) electrons. The summed E-state index contributed by atoms with van der Waals surface area (Å²) in [5, 5.41) is 0.701. The van der Waals surface area contributed by atoms with E-state index in [4.69, 9.17) is 11.6 Å². The normalized spacial score (nSPS) is 21.6. The predicted octanol–water partition coefficient (Wildman–Crippen LogP) is 3.69. The standard InChI is InChI=1S/C16H14ClNO/c1-16(11-7-9-12(17)10-8-11)14-6-4-3-5-13(14)15(19)18(16)2/h3-10H,1-2H3. The summed E-state index contributed by atoms with van der Waals surface area (Å²) in [6.45, 7) is 2.07. The van der Waals surface area contributed by atoms with Crippen LogP contribution in [0.2, 0.25) is 5.02 Å². The molecule has 96 valence electrons. The minimum absolute atomic E-state index is 0.0630. The summed E-state index contributed by atoms with van der Waals surface area (Å²) in [4.78, 5) is 14.1. The Bertz CT molecular complexity index is 650. The Morgan fingerprint density at radius 2 is 1.68 bits per heavy atom. The molecule has 2 aromatic carbocycles. The van der Waals surface area contributed by atoms with Gasteiger partial charge in [0, 0.05) is 17.6 Å². The van der Waals surface area contributed by atoms with Gasteiger partial charge in [-0.2, -0.15) is 0 Å². The second kappa shape index (κ2) is 4.10. The molecule has 2 nitrogen and oxygen atoms in total. The van der Waals surface area contributed by atoms with Crippen LogP contribution in [-0.2, 0) is 5.54 Å². The van der Waals surface area contributed by atoms with Gasteiger partial charge in [-0.3, -0.25) is 4.79 Å². The van der Waals surface area contributed by atoms with Crippen LogP contribution in [0, 0.1) is 0 Å². The van der Waals surface area contributed by atoms with Crippen LogP contribution in [0.3, 0.4) is 0 Å². The molecule has 1 aliphatic rings. The summed E-state index contributed by atoms with van der Waals surface area (Å²) in [5.74, 6) is 0.0630. The second-order valence-electron chi connectivity index (χ2n) is 4.99. The SMILES string of the molecule is CN1C(=O)c2ccccc2C1(C)c1ccc(Cl)cc1. The lowest BCUT2D eigenvalue weighted by molar-refractivity contribution is 0.0716. The molecule has 1 aliphatic heterocycles. The highest BCUT2D eigenvalue weighted by atomic mass is 35.5. The van der Waals surface area contributed by atoms with Crippen molar-refractivity contribution in [3.63, 3.8) is 0 Å². The van der Waals surface area contributed by atoms with Crippen molar-refractivity contribution >= 4 is 17.5 Å². The van der Waals surface area contributed by atoms with Crippen molar-refractivity contribution in [3.8, 4) is 0 Å². The minimum atomic E-state index is -0.432. The smallest absolute Gasteiger partial charge is 0.254 e. The van der Waals surface area contributed by atoms with Crippen LogP contribution in [0.1, 0.15) is 28.4 Å². The van der Waals surface area contributed by atoms with Gasteiger partial charge in [0.05, 0.1) is 5.54 Å². The average molecular weight is 272 g/mol. The summed E-state index contributed by atoms with van der Waals surface area (Å²) >= 11 is 5.95. The number of rotatable bonds is 1. The van der Waals surface area contributed by atoms with Gasteiger partial charge in [0.1, 0.15) is 0 Å². The third-order valence-electron chi connectivity index (χ3n) is 4.06. The molecule has 3 rings (SSSR count). The molecular weight excluding hydrogens is 258 g/mol. The highest BCUT2D eigenvalue weighted by Crippen LogP contribution is 2.42. The molecule has 0 N–H and O–H groups in total. The molecule has 0 bridgehead atoms. The van der Waals surface area contributed by atoms with Crippen molar-refractivity contribution in [3.05, 3.63) is 70.2 Å².